The van der Waals surface area contributed by atoms with Gasteiger partial charge in [0.15, 0.2) is 0 Å². The number of aromatic nitrogens is 1. The summed E-state index contributed by atoms with van der Waals surface area (Å²) in [6, 6.07) is 7.60. The third-order valence-corrected chi connectivity index (χ3v) is 6.23. The molecule has 8 heteroatoms. The predicted molar refractivity (Wildman–Crippen MR) is 119 cm³/mol. The zero-order valence-corrected chi connectivity index (χ0v) is 18.7. The molecule has 1 saturated heterocycles. The van der Waals surface area contributed by atoms with Crippen molar-refractivity contribution in [1.29, 1.82) is 0 Å². The third kappa shape index (κ3) is 6.06. The van der Waals surface area contributed by atoms with Gasteiger partial charge in [-0.15, -0.1) is 36.2 Å². The molecule has 0 radical (unpaired) electrons. The summed E-state index contributed by atoms with van der Waals surface area (Å²) in [6.45, 7) is 4.67. The summed E-state index contributed by atoms with van der Waals surface area (Å²) in [5, 5.41) is 4.79. The van der Waals surface area contributed by atoms with Gasteiger partial charge >= 0.3 is 0 Å². The Morgan fingerprint density at radius 2 is 1.89 bits per heavy atom. The molecule has 2 aromatic rings. The Bertz CT molecular complexity index is 728. The lowest BCUT2D eigenvalue weighted by Crippen LogP contribution is -2.38. The zero-order chi connectivity index (χ0) is 17.8. The van der Waals surface area contributed by atoms with Gasteiger partial charge in [0.05, 0.1) is 5.69 Å². The lowest BCUT2D eigenvalue weighted by Gasteiger charge is -2.31. The van der Waals surface area contributed by atoms with Gasteiger partial charge < -0.3 is 10.2 Å². The smallest absolute Gasteiger partial charge is 0.265 e. The van der Waals surface area contributed by atoms with Crippen molar-refractivity contribution in [2.45, 2.75) is 26.2 Å². The molecular weight excluding hydrogens is 425 g/mol. The first kappa shape index (κ1) is 24.2. The molecule has 1 aliphatic rings. The van der Waals surface area contributed by atoms with Gasteiger partial charge in [0, 0.05) is 23.7 Å². The predicted octanol–water partition coefficient (Wildman–Crippen LogP) is 5.08. The van der Waals surface area contributed by atoms with Crippen molar-refractivity contribution in [1.82, 2.24) is 15.2 Å². The first-order valence-corrected chi connectivity index (χ1v) is 9.95. The number of halogens is 3. The summed E-state index contributed by atoms with van der Waals surface area (Å²) in [6.07, 6.45) is 3.38. The van der Waals surface area contributed by atoms with Gasteiger partial charge in [0.25, 0.3) is 5.91 Å². The van der Waals surface area contributed by atoms with Gasteiger partial charge in [-0.25, -0.2) is 4.98 Å². The monoisotopic (exact) mass is 449 g/mol. The lowest BCUT2D eigenvalue weighted by atomic mass is 9.93. The number of nitrogens with one attached hydrogen (secondary N) is 1. The highest BCUT2D eigenvalue weighted by Gasteiger charge is 2.26. The van der Waals surface area contributed by atoms with Gasteiger partial charge in [0.1, 0.15) is 9.88 Å². The van der Waals surface area contributed by atoms with E-state index >= 15 is 0 Å². The standard InChI is InChI=1S/C19H24ClN3OS.2ClH/c1-13-17(25-18(22-13)15-3-5-16(20)6-4-15)19(24)23-11-8-14(9-12-23)7-10-21-2;;/h3-6,14,21H,7-12H2,1-2H3;2*1H. The highest BCUT2D eigenvalue weighted by molar-refractivity contribution is 7.17. The molecule has 0 aliphatic carbocycles. The van der Waals surface area contributed by atoms with Crippen LogP contribution in [0.3, 0.4) is 0 Å². The molecule has 27 heavy (non-hydrogen) atoms. The quantitative estimate of drug-likeness (QED) is 0.691. The number of carbonyl (C=O) groups excluding carboxylic acids is 1. The van der Waals surface area contributed by atoms with Gasteiger partial charge in [-0.3, -0.25) is 4.79 Å². The summed E-state index contributed by atoms with van der Waals surface area (Å²) < 4.78 is 0. The number of hydrogen-bond donors (Lipinski definition) is 1. The van der Waals surface area contributed by atoms with Crippen LogP contribution >= 0.6 is 47.8 Å². The molecule has 1 aliphatic heterocycles. The fraction of sp³-hybridized carbons (Fsp3) is 0.474. The average molecular weight is 451 g/mol. The van der Waals surface area contributed by atoms with Crippen LogP contribution in [-0.4, -0.2) is 42.5 Å². The van der Waals surface area contributed by atoms with Crippen molar-refractivity contribution in [2.24, 2.45) is 5.92 Å². The molecule has 0 bridgehead atoms. The van der Waals surface area contributed by atoms with Gasteiger partial charge in [-0.2, -0.15) is 0 Å². The van der Waals surface area contributed by atoms with Crippen LogP contribution in [0.1, 0.15) is 34.6 Å². The number of amides is 1. The van der Waals surface area contributed by atoms with Crippen LogP contribution in [0.15, 0.2) is 24.3 Å². The number of benzene rings is 1. The molecule has 2 heterocycles. The van der Waals surface area contributed by atoms with Crippen LogP contribution in [0.2, 0.25) is 5.02 Å². The summed E-state index contributed by atoms with van der Waals surface area (Å²) in [5.41, 5.74) is 1.82. The maximum atomic E-state index is 12.9. The molecular formula is C19H26Cl3N3OS. The fourth-order valence-corrected chi connectivity index (χ4v) is 4.39. The number of carbonyl (C=O) groups is 1. The molecule has 0 saturated carbocycles. The maximum absolute atomic E-state index is 12.9. The second-order valence-electron chi connectivity index (χ2n) is 6.57. The first-order valence-electron chi connectivity index (χ1n) is 8.75. The number of piperidine rings is 1. The topological polar surface area (TPSA) is 45.2 Å². The maximum Gasteiger partial charge on any atom is 0.265 e. The highest BCUT2D eigenvalue weighted by atomic mass is 35.5. The Hall–Kier alpha value is -0.850. The van der Waals surface area contributed by atoms with Gasteiger partial charge in [0.2, 0.25) is 0 Å². The first-order chi connectivity index (χ1) is 12.1. The molecule has 1 fully saturated rings. The minimum atomic E-state index is 0. The normalized spacial score (nSPS) is 14.4. The molecule has 150 valence electrons. The molecule has 0 unspecified atom stereocenters. The summed E-state index contributed by atoms with van der Waals surface area (Å²) in [4.78, 5) is 20.3. The fourth-order valence-electron chi connectivity index (χ4n) is 3.23. The van der Waals surface area contributed by atoms with Crippen molar-refractivity contribution < 1.29 is 4.79 Å². The van der Waals surface area contributed by atoms with E-state index in [1.54, 1.807) is 0 Å². The highest BCUT2D eigenvalue weighted by Crippen LogP contribution is 2.30. The molecule has 0 atom stereocenters. The van der Waals surface area contributed by atoms with Crippen LogP contribution in [0.25, 0.3) is 10.6 Å². The number of hydrogen-bond acceptors (Lipinski definition) is 4. The number of thiazole rings is 1. The molecule has 0 spiro atoms. The van der Waals surface area contributed by atoms with Crippen LogP contribution < -0.4 is 5.32 Å². The minimum Gasteiger partial charge on any atom is -0.338 e. The molecule has 1 N–H and O–H groups in total. The molecule has 1 amide bonds. The van der Waals surface area contributed by atoms with E-state index < -0.39 is 0 Å². The van der Waals surface area contributed by atoms with Crippen LogP contribution in [-0.2, 0) is 0 Å². The number of rotatable bonds is 5. The van der Waals surface area contributed by atoms with E-state index in [0.717, 1.165) is 59.5 Å². The van der Waals surface area contributed by atoms with Crippen molar-refractivity contribution >= 4 is 53.7 Å². The van der Waals surface area contributed by atoms with E-state index in [4.69, 9.17) is 11.6 Å². The lowest BCUT2D eigenvalue weighted by molar-refractivity contribution is 0.0691. The number of likely N-dealkylation sites (tertiary alicyclic amines) is 1. The molecule has 1 aromatic carbocycles. The zero-order valence-electron chi connectivity index (χ0n) is 15.5. The number of nitrogens with zero attached hydrogens (tertiary/aromatic N) is 2. The van der Waals surface area contributed by atoms with Crippen LogP contribution in [0.4, 0.5) is 0 Å². The van der Waals surface area contributed by atoms with Crippen LogP contribution in [0.5, 0.6) is 0 Å². The second-order valence-corrected chi connectivity index (χ2v) is 8.00. The second kappa shape index (κ2) is 11.2. The summed E-state index contributed by atoms with van der Waals surface area (Å²) in [5.74, 6) is 0.853. The average Bonchev–Trinajstić information content (AvgIpc) is 3.02. The van der Waals surface area contributed by atoms with E-state index in [1.807, 2.05) is 43.1 Å². The Labute approximate surface area is 182 Å². The van der Waals surface area contributed by atoms with Crippen molar-refractivity contribution in [3.05, 3.63) is 39.9 Å². The van der Waals surface area contributed by atoms with Crippen molar-refractivity contribution in [3.8, 4) is 10.6 Å². The Kier molecular flexibility index (Phi) is 10.1. The molecule has 1 aromatic heterocycles. The Morgan fingerprint density at radius 3 is 2.48 bits per heavy atom. The third-order valence-electron chi connectivity index (χ3n) is 4.79. The van der Waals surface area contributed by atoms with E-state index in [1.165, 1.54) is 17.8 Å². The molecule has 4 nitrogen and oxygen atoms in total. The van der Waals surface area contributed by atoms with E-state index in [2.05, 4.69) is 10.3 Å². The van der Waals surface area contributed by atoms with E-state index in [0.29, 0.717) is 5.02 Å². The van der Waals surface area contributed by atoms with Gasteiger partial charge in [-0.05, 0) is 57.8 Å². The van der Waals surface area contributed by atoms with Crippen molar-refractivity contribution in [2.75, 3.05) is 26.7 Å². The largest absolute Gasteiger partial charge is 0.338 e. The Morgan fingerprint density at radius 1 is 1.26 bits per heavy atom. The molecule has 3 rings (SSSR count). The summed E-state index contributed by atoms with van der Waals surface area (Å²) in [7, 11) is 1.99. The van der Waals surface area contributed by atoms with Crippen molar-refractivity contribution in [3.63, 3.8) is 0 Å². The Balaban J connectivity index is 0.00000182. The minimum absolute atomic E-state index is 0. The van der Waals surface area contributed by atoms with Gasteiger partial charge in [-0.1, -0.05) is 23.7 Å². The summed E-state index contributed by atoms with van der Waals surface area (Å²) >= 11 is 7.43. The van der Waals surface area contributed by atoms with Crippen LogP contribution in [0, 0.1) is 12.8 Å². The van der Waals surface area contributed by atoms with E-state index in [9.17, 15) is 4.79 Å². The van der Waals surface area contributed by atoms with E-state index in [-0.39, 0.29) is 30.7 Å². The number of aryl methyl sites for hydroxylation is 1. The SMILES string of the molecule is CNCCC1CCN(C(=O)c2sc(-c3ccc(Cl)cc3)nc2C)CC1.Cl.Cl.